The summed E-state index contributed by atoms with van der Waals surface area (Å²) in [5.74, 6) is 0. The lowest BCUT2D eigenvalue weighted by molar-refractivity contribution is 0.596. The topological polar surface area (TPSA) is 49.4 Å². The molecule has 108 valence electrons. The van der Waals surface area contributed by atoms with Crippen molar-refractivity contribution in [3.05, 3.63) is 47.3 Å². The normalized spacial score (nSPS) is 11.5. The van der Waals surface area contributed by atoms with E-state index in [-0.39, 0.29) is 0 Å². The van der Waals surface area contributed by atoms with Crippen LogP contribution in [0.4, 0.5) is 5.69 Å². The van der Waals surface area contributed by atoms with Crippen molar-refractivity contribution in [3.8, 4) is 0 Å². The van der Waals surface area contributed by atoms with Crippen LogP contribution in [0.3, 0.4) is 0 Å². The molecule has 0 saturated heterocycles. The van der Waals surface area contributed by atoms with E-state index in [4.69, 9.17) is 0 Å². The van der Waals surface area contributed by atoms with Crippen molar-refractivity contribution in [2.45, 2.75) is 17.7 Å². The summed E-state index contributed by atoms with van der Waals surface area (Å²) in [6.45, 7) is 3.58. The minimum Gasteiger partial charge on any atom is -0.313 e. The van der Waals surface area contributed by atoms with Gasteiger partial charge in [0.15, 0.2) is 0 Å². The molecular formula is C14H18N2O2S2. The van der Waals surface area contributed by atoms with Crippen molar-refractivity contribution in [1.29, 1.82) is 0 Å². The average molecular weight is 310 g/mol. The minimum atomic E-state index is -3.47. The lowest BCUT2D eigenvalue weighted by Crippen LogP contribution is -2.25. The molecule has 4 nitrogen and oxygen atoms in total. The zero-order valence-corrected chi connectivity index (χ0v) is 13.2. The highest BCUT2D eigenvalue weighted by atomic mass is 32.2. The Kier molecular flexibility index (Phi) is 4.80. The highest BCUT2D eigenvalue weighted by molar-refractivity contribution is 7.94. The molecule has 0 radical (unpaired) electrons. The predicted molar refractivity (Wildman–Crippen MR) is 83.7 cm³/mol. The number of rotatable bonds is 6. The monoisotopic (exact) mass is 310 g/mol. The summed E-state index contributed by atoms with van der Waals surface area (Å²) in [7, 11) is -1.89. The number of hydrogen-bond donors (Lipinski definition) is 1. The quantitative estimate of drug-likeness (QED) is 0.892. The molecule has 0 unspecified atom stereocenters. The Morgan fingerprint density at radius 2 is 1.95 bits per heavy atom. The third kappa shape index (κ3) is 3.20. The Hall–Kier alpha value is -1.37. The second-order valence-corrected chi connectivity index (χ2v) is 7.47. The summed E-state index contributed by atoms with van der Waals surface area (Å²) in [6, 6.07) is 10.8. The molecule has 6 heteroatoms. The molecule has 0 saturated carbocycles. The smallest absolute Gasteiger partial charge is 0.273 e. The number of hydrogen-bond acceptors (Lipinski definition) is 4. The van der Waals surface area contributed by atoms with E-state index in [1.165, 1.54) is 15.6 Å². The first-order valence-corrected chi connectivity index (χ1v) is 8.69. The molecule has 20 heavy (non-hydrogen) atoms. The van der Waals surface area contributed by atoms with Gasteiger partial charge in [-0.15, -0.1) is 11.3 Å². The van der Waals surface area contributed by atoms with E-state index < -0.39 is 10.0 Å². The number of sulfonamides is 1. The van der Waals surface area contributed by atoms with Crippen molar-refractivity contribution in [3.63, 3.8) is 0 Å². The molecule has 0 amide bonds. The summed E-state index contributed by atoms with van der Waals surface area (Å²) >= 11 is 1.26. The third-order valence-corrected chi connectivity index (χ3v) is 6.19. The number of nitrogens with zero attached hydrogens (tertiary/aromatic N) is 1. The molecule has 1 aromatic heterocycles. The fourth-order valence-electron chi connectivity index (χ4n) is 1.76. The number of nitrogens with one attached hydrogen (secondary N) is 1. The van der Waals surface area contributed by atoms with Crippen molar-refractivity contribution < 1.29 is 8.42 Å². The zero-order valence-electron chi connectivity index (χ0n) is 11.5. The van der Waals surface area contributed by atoms with Gasteiger partial charge < -0.3 is 5.32 Å². The maximum absolute atomic E-state index is 12.5. The Labute approximate surface area is 124 Å². The van der Waals surface area contributed by atoms with E-state index in [2.05, 4.69) is 5.32 Å². The number of thiophene rings is 1. The van der Waals surface area contributed by atoms with Gasteiger partial charge >= 0.3 is 0 Å². The summed E-state index contributed by atoms with van der Waals surface area (Å²) in [6.07, 6.45) is 0. The Morgan fingerprint density at radius 3 is 2.60 bits per heavy atom. The van der Waals surface area contributed by atoms with Gasteiger partial charge in [0.2, 0.25) is 0 Å². The van der Waals surface area contributed by atoms with Crippen LogP contribution in [0, 0.1) is 0 Å². The Morgan fingerprint density at radius 1 is 1.25 bits per heavy atom. The van der Waals surface area contributed by atoms with Crippen molar-refractivity contribution in [2.24, 2.45) is 0 Å². The summed E-state index contributed by atoms with van der Waals surface area (Å²) in [5, 5.41) is 5.07. The standard InChI is InChI=1S/C14H18N2O2S2/c1-3-15-10-12-9-14(19-11-12)20(17,18)16(2)13-7-5-4-6-8-13/h4-9,11,15H,3,10H2,1-2H3. The van der Waals surface area contributed by atoms with Gasteiger partial charge in [-0.05, 0) is 35.7 Å². The van der Waals surface area contributed by atoms with Crippen LogP contribution in [0.2, 0.25) is 0 Å². The van der Waals surface area contributed by atoms with Crippen LogP contribution in [0.25, 0.3) is 0 Å². The van der Waals surface area contributed by atoms with Crippen LogP contribution >= 0.6 is 11.3 Å². The highest BCUT2D eigenvalue weighted by Gasteiger charge is 2.23. The lowest BCUT2D eigenvalue weighted by atomic mass is 10.3. The van der Waals surface area contributed by atoms with Gasteiger partial charge in [0, 0.05) is 13.6 Å². The summed E-state index contributed by atoms with van der Waals surface area (Å²) in [4.78, 5) is 0. The van der Waals surface area contributed by atoms with Crippen LogP contribution in [0.5, 0.6) is 0 Å². The van der Waals surface area contributed by atoms with Gasteiger partial charge in [-0.1, -0.05) is 25.1 Å². The van der Waals surface area contributed by atoms with Gasteiger partial charge in [0.1, 0.15) is 4.21 Å². The van der Waals surface area contributed by atoms with Crippen LogP contribution < -0.4 is 9.62 Å². The maximum atomic E-state index is 12.5. The number of benzene rings is 1. The van der Waals surface area contributed by atoms with Crippen LogP contribution in [-0.2, 0) is 16.6 Å². The van der Waals surface area contributed by atoms with Crippen LogP contribution in [0.1, 0.15) is 12.5 Å². The van der Waals surface area contributed by atoms with E-state index in [9.17, 15) is 8.42 Å². The number of anilines is 1. The third-order valence-electron chi connectivity index (χ3n) is 2.94. The fraction of sp³-hybridized carbons (Fsp3) is 0.286. The predicted octanol–water partition coefficient (Wildman–Crippen LogP) is 2.68. The van der Waals surface area contributed by atoms with E-state index >= 15 is 0 Å². The van der Waals surface area contributed by atoms with Crippen LogP contribution in [-0.4, -0.2) is 22.0 Å². The largest absolute Gasteiger partial charge is 0.313 e. The molecule has 0 aliphatic rings. The Bertz CT molecular complexity index is 651. The summed E-state index contributed by atoms with van der Waals surface area (Å²) < 4.78 is 26.8. The average Bonchev–Trinajstić information content (AvgIpc) is 2.94. The molecule has 0 fully saturated rings. The van der Waals surface area contributed by atoms with Crippen molar-refractivity contribution in [2.75, 3.05) is 17.9 Å². The molecule has 0 atom stereocenters. The lowest BCUT2D eigenvalue weighted by Gasteiger charge is -2.18. The summed E-state index contributed by atoms with van der Waals surface area (Å²) in [5.41, 5.74) is 1.66. The van der Waals surface area contributed by atoms with Gasteiger partial charge in [-0.25, -0.2) is 8.42 Å². The second kappa shape index (κ2) is 6.39. The van der Waals surface area contributed by atoms with Crippen molar-refractivity contribution in [1.82, 2.24) is 5.32 Å². The van der Waals surface area contributed by atoms with E-state index in [0.29, 0.717) is 16.4 Å². The SMILES string of the molecule is CCNCc1csc(S(=O)(=O)N(C)c2ccccc2)c1. The molecule has 0 aliphatic heterocycles. The highest BCUT2D eigenvalue weighted by Crippen LogP contribution is 2.26. The van der Waals surface area contributed by atoms with E-state index in [1.807, 2.05) is 30.5 Å². The molecule has 1 aromatic carbocycles. The first-order chi connectivity index (χ1) is 9.55. The molecule has 1 heterocycles. The molecule has 0 bridgehead atoms. The molecular weight excluding hydrogens is 292 g/mol. The number of para-hydroxylation sites is 1. The van der Waals surface area contributed by atoms with Gasteiger partial charge in [-0.2, -0.15) is 0 Å². The first kappa shape index (κ1) is 15.0. The van der Waals surface area contributed by atoms with Gasteiger partial charge in [0.05, 0.1) is 5.69 Å². The second-order valence-electron chi connectivity index (χ2n) is 4.36. The zero-order chi connectivity index (χ0) is 14.6. The van der Waals surface area contributed by atoms with Gasteiger partial charge in [0.25, 0.3) is 10.0 Å². The minimum absolute atomic E-state index is 0.372. The molecule has 2 aromatic rings. The van der Waals surface area contributed by atoms with Crippen molar-refractivity contribution >= 4 is 27.0 Å². The van der Waals surface area contributed by atoms with Gasteiger partial charge in [-0.3, -0.25) is 4.31 Å². The van der Waals surface area contributed by atoms with E-state index in [0.717, 1.165) is 12.1 Å². The first-order valence-electron chi connectivity index (χ1n) is 6.38. The molecule has 1 N–H and O–H groups in total. The molecule has 0 aliphatic carbocycles. The fourth-order valence-corrected chi connectivity index (χ4v) is 4.34. The van der Waals surface area contributed by atoms with E-state index in [1.54, 1.807) is 25.2 Å². The Balaban J connectivity index is 2.24. The maximum Gasteiger partial charge on any atom is 0.273 e. The molecule has 2 rings (SSSR count). The van der Waals surface area contributed by atoms with Crippen LogP contribution in [0.15, 0.2) is 46.0 Å². The molecule has 0 spiro atoms.